The van der Waals surface area contributed by atoms with Gasteiger partial charge >= 0.3 is 5.97 Å². The molecule has 0 heterocycles. The molecule has 0 radical (unpaired) electrons. The molecular weight excluding hydrogens is 202 g/mol. The van der Waals surface area contributed by atoms with Crippen molar-refractivity contribution in [1.29, 1.82) is 0 Å². The van der Waals surface area contributed by atoms with E-state index in [0.717, 1.165) is 13.0 Å². The Bertz CT molecular complexity index is 171. The minimum absolute atomic E-state index is 0.412. The topological polar surface area (TPSA) is 49.3 Å². The van der Waals surface area contributed by atoms with Gasteiger partial charge in [0.25, 0.3) is 0 Å². The molecule has 3 heteroatoms. The van der Waals surface area contributed by atoms with E-state index in [4.69, 9.17) is 5.11 Å². The normalized spacial score (nSPS) is 12.6. The maximum Gasteiger partial charge on any atom is 0.320 e. The number of rotatable bonds is 11. The van der Waals surface area contributed by atoms with Gasteiger partial charge in [-0.1, -0.05) is 51.9 Å². The summed E-state index contributed by atoms with van der Waals surface area (Å²) in [5.74, 6) is -0.764. The highest BCUT2D eigenvalue weighted by Crippen LogP contribution is 2.07. The first-order chi connectivity index (χ1) is 7.68. The Kier molecular flexibility index (Phi) is 10.5. The Morgan fingerprint density at radius 1 is 1.06 bits per heavy atom. The lowest BCUT2D eigenvalue weighted by Crippen LogP contribution is -2.34. The van der Waals surface area contributed by atoms with Crippen LogP contribution in [0.4, 0.5) is 0 Å². The minimum Gasteiger partial charge on any atom is -0.480 e. The van der Waals surface area contributed by atoms with Crippen LogP contribution in [0.3, 0.4) is 0 Å². The van der Waals surface area contributed by atoms with Crippen molar-refractivity contribution in [2.75, 3.05) is 6.54 Å². The Morgan fingerprint density at radius 3 is 2.06 bits per heavy atom. The van der Waals surface area contributed by atoms with Crippen molar-refractivity contribution in [2.24, 2.45) is 0 Å². The van der Waals surface area contributed by atoms with Crippen LogP contribution in [-0.2, 0) is 4.79 Å². The van der Waals surface area contributed by atoms with Gasteiger partial charge < -0.3 is 10.4 Å². The Balaban J connectivity index is 3.07. The van der Waals surface area contributed by atoms with Crippen molar-refractivity contribution in [2.45, 2.75) is 71.3 Å². The van der Waals surface area contributed by atoms with Crippen molar-refractivity contribution in [3.8, 4) is 0 Å². The number of nitrogens with one attached hydrogen (secondary N) is 1. The van der Waals surface area contributed by atoms with Gasteiger partial charge in [-0.2, -0.15) is 0 Å². The van der Waals surface area contributed by atoms with E-state index < -0.39 is 12.0 Å². The average molecular weight is 229 g/mol. The third-order valence-electron chi connectivity index (χ3n) is 2.85. The standard InChI is InChI=1S/C13H27NO2/c1-3-4-5-6-7-8-9-10-11-14-12(2)13(15)16/h12,14H,3-11H2,1-2H3,(H,15,16)/t12-/m1/s1. The van der Waals surface area contributed by atoms with Crippen LogP contribution in [0.1, 0.15) is 65.2 Å². The fourth-order valence-electron chi connectivity index (χ4n) is 1.66. The van der Waals surface area contributed by atoms with Gasteiger partial charge in [0.2, 0.25) is 0 Å². The average Bonchev–Trinajstić information content (AvgIpc) is 2.26. The number of aliphatic carboxylic acids is 1. The summed E-state index contributed by atoms with van der Waals surface area (Å²) < 4.78 is 0. The molecule has 96 valence electrons. The van der Waals surface area contributed by atoms with E-state index in [1.807, 2.05) is 0 Å². The van der Waals surface area contributed by atoms with E-state index in [-0.39, 0.29) is 0 Å². The fourth-order valence-corrected chi connectivity index (χ4v) is 1.66. The lowest BCUT2D eigenvalue weighted by atomic mass is 10.1. The molecule has 0 fully saturated rings. The molecule has 0 aromatic carbocycles. The second-order valence-corrected chi connectivity index (χ2v) is 4.49. The number of carbonyl (C=O) groups is 1. The lowest BCUT2D eigenvalue weighted by molar-refractivity contribution is -0.138. The largest absolute Gasteiger partial charge is 0.480 e. The highest BCUT2D eigenvalue weighted by atomic mass is 16.4. The van der Waals surface area contributed by atoms with Crippen molar-refractivity contribution in [3.63, 3.8) is 0 Å². The molecule has 0 rings (SSSR count). The van der Waals surface area contributed by atoms with Crippen LogP contribution < -0.4 is 5.32 Å². The molecule has 0 aliphatic heterocycles. The molecule has 0 aromatic heterocycles. The molecule has 1 atom stereocenters. The van der Waals surface area contributed by atoms with Crippen LogP contribution in [0.2, 0.25) is 0 Å². The minimum atomic E-state index is -0.764. The first kappa shape index (κ1) is 15.4. The molecule has 16 heavy (non-hydrogen) atoms. The molecule has 0 aliphatic rings. The van der Waals surface area contributed by atoms with Crippen molar-refractivity contribution in [3.05, 3.63) is 0 Å². The van der Waals surface area contributed by atoms with Gasteiger partial charge in [0.15, 0.2) is 0 Å². The maximum atomic E-state index is 10.5. The van der Waals surface area contributed by atoms with E-state index in [0.29, 0.717) is 0 Å². The van der Waals surface area contributed by atoms with Crippen molar-refractivity contribution >= 4 is 5.97 Å². The second-order valence-electron chi connectivity index (χ2n) is 4.49. The number of unbranched alkanes of at least 4 members (excludes halogenated alkanes) is 7. The van der Waals surface area contributed by atoms with Gasteiger partial charge in [-0.05, 0) is 19.9 Å². The Labute approximate surface area is 99.6 Å². The summed E-state index contributed by atoms with van der Waals surface area (Å²) in [6, 6.07) is -0.412. The zero-order valence-electron chi connectivity index (χ0n) is 10.8. The molecule has 3 nitrogen and oxygen atoms in total. The zero-order valence-corrected chi connectivity index (χ0v) is 10.8. The van der Waals surface area contributed by atoms with E-state index in [9.17, 15) is 4.79 Å². The van der Waals surface area contributed by atoms with E-state index in [1.165, 1.54) is 44.9 Å². The van der Waals surface area contributed by atoms with Gasteiger partial charge in [0.1, 0.15) is 6.04 Å². The second kappa shape index (κ2) is 10.9. The summed E-state index contributed by atoms with van der Waals surface area (Å²) in [5.41, 5.74) is 0. The number of hydrogen-bond acceptors (Lipinski definition) is 2. The molecule has 0 spiro atoms. The van der Waals surface area contributed by atoms with Gasteiger partial charge in [-0.3, -0.25) is 4.79 Å². The van der Waals surface area contributed by atoms with Gasteiger partial charge in [-0.25, -0.2) is 0 Å². The van der Waals surface area contributed by atoms with Crippen LogP contribution in [0, 0.1) is 0 Å². The molecule has 0 bridgehead atoms. The molecule has 0 saturated carbocycles. The van der Waals surface area contributed by atoms with Crippen LogP contribution in [0.25, 0.3) is 0 Å². The van der Waals surface area contributed by atoms with Gasteiger partial charge in [0.05, 0.1) is 0 Å². The Morgan fingerprint density at radius 2 is 1.56 bits per heavy atom. The molecule has 2 N–H and O–H groups in total. The van der Waals surface area contributed by atoms with Crippen LogP contribution >= 0.6 is 0 Å². The van der Waals surface area contributed by atoms with Crippen LogP contribution in [0.5, 0.6) is 0 Å². The molecule has 0 saturated heterocycles. The van der Waals surface area contributed by atoms with Gasteiger partial charge in [-0.15, -0.1) is 0 Å². The SMILES string of the molecule is CCCCCCCCCCN[C@H](C)C(=O)O. The number of hydrogen-bond donors (Lipinski definition) is 2. The predicted octanol–water partition coefficient (Wildman–Crippen LogP) is 3.19. The molecular formula is C13H27NO2. The lowest BCUT2D eigenvalue weighted by Gasteiger charge is -2.08. The number of carboxylic acids is 1. The van der Waals surface area contributed by atoms with E-state index in [1.54, 1.807) is 6.92 Å². The fraction of sp³-hybridized carbons (Fsp3) is 0.923. The highest BCUT2D eigenvalue weighted by Gasteiger charge is 2.07. The smallest absolute Gasteiger partial charge is 0.320 e. The third kappa shape index (κ3) is 9.97. The summed E-state index contributed by atoms with van der Waals surface area (Å²) in [6.07, 6.45) is 10.3. The number of carboxylic acid groups (broad SMARTS) is 1. The molecule has 0 aliphatic carbocycles. The quantitative estimate of drug-likeness (QED) is 0.535. The van der Waals surface area contributed by atoms with Crippen molar-refractivity contribution in [1.82, 2.24) is 5.32 Å². The maximum absolute atomic E-state index is 10.5. The first-order valence-corrected chi connectivity index (χ1v) is 6.64. The molecule has 0 amide bonds. The summed E-state index contributed by atoms with van der Waals surface area (Å²) in [7, 11) is 0. The molecule has 0 aromatic rings. The van der Waals surface area contributed by atoms with Crippen LogP contribution in [0.15, 0.2) is 0 Å². The van der Waals surface area contributed by atoms with E-state index >= 15 is 0 Å². The molecule has 0 unspecified atom stereocenters. The highest BCUT2D eigenvalue weighted by molar-refractivity contribution is 5.72. The summed E-state index contributed by atoms with van der Waals surface area (Å²) in [4.78, 5) is 10.5. The summed E-state index contributed by atoms with van der Waals surface area (Å²) in [6.45, 7) is 4.74. The third-order valence-corrected chi connectivity index (χ3v) is 2.85. The zero-order chi connectivity index (χ0) is 12.2. The van der Waals surface area contributed by atoms with Crippen LogP contribution in [-0.4, -0.2) is 23.7 Å². The Hall–Kier alpha value is -0.570. The predicted molar refractivity (Wildman–Crippen MR) is 67.7 cm³/mol. The van der Waals surface area contributed by atoms with Gasteiger partial charge in [0, 0.05) is 0 Å². The summed E-state index contributed by atoms with van der Waals surface area (Å²) >= 11 is 0. The first-order valence-electron chi connectivity index (χ1n) is 6.64. The van der Waals surface area contributed by atoms with Crippen molar-refractivity contribution < 1.29 is 9.90 Å². The summed E-state index contributed by atoms with van der Waals surface area (Å²) in [5, 5.41) is 11.6. The monoisotopic (exact) mass is 229 g/mol. The van der Waals surface area contributed by atoms with E-state index in [2.05, 4.69) is 12.2 Å².